The van der Waals surface area contributed by atoms with Gasteiger partial charge in [0.05, 0.1) is 12.7 Å². The lowest BCUT2D eigenvalue weighted by molar-refractivity contribution is 0.399. The van der Waals surface area contributed by atoms with Gasteiger partial charge in [0.2, 0.25) is 5.88 Å². The summed E-state index contributed by atoms with van der Waals surface area (Å²) in [5.74, 6) is 0.312. The molecule has 0 spiro atoms. The highest BCUT2D eigenvalue weighted by molar-refractivity contribution is 5.60. The van der Waals surface area contributed by atoms with E-state index in [-0.39, 0.29) is 0 Å². The van der Waals surface area contributed by atoms with Crippen LogP contribution in [0.1, 0.15) is 11.3 Å². The Labute approximate surface area is 70.6 Å². The molecule has 0 unspecified atom stereocenters. The van der Waals surface area contributed by atoms with Crippen molar-refractivity contribution in [3.63, 3.8) is 0 Å². The Morgan fingerprint density at radius 1 is 1.67 bits per heavy atom. The highest BCUT2D eigenvalue weighted by atomic mass is 16.5. The Morgan fingerprint density at radius 3 is 2.83 bits per heavy atom. The van der Waals surface area contributed by atoms with Gasteiger partial charge < -0.3 is 10.5 Å². The average molecular weight is 163 g/mol. The zero-order chi connectivity index (χ0) is 9.14. The Hall–Kier alpha value is -1.76. The van der Waals surface area contributed by atoms with Crippen LogP contribution in [0, 0.1) is 18.3 Å². The molecule has 0 saturated heterocycles. The number of aryl methyl sites for hydroxylation is 1. The van der Waals surface area contributed by atoms with Gasteiger partial charge in [-0.2, -0.15) is 5.26 Å². The Balaban J connectivity index is 3.34. The van der Waals surface area contributed by atoms with Crippen LogP contribution in [0.3, 0.4) is 0 Å². The number of nitrogens with two attached hydrogens (primary N) is 1. The molecule has 0 amide bonds. The fourth-order valence-corrected chi connectivity index (χ4v) is 0.903. The van der Waals surface area contributed by atoms with Crippen LogP contribution >= 0.6 is 0 Å². The van der Waals surface area contributed by atoms with Crippen LogP contribution in [-0.2, 0) is 0 Å². The largest absolute Gasteiger partial charge is 0.479 e. The van der Waals surface area contributed by atoms with Crippen molar-refractivity contribution >= 4 is 5.69 Å². The molecule has 62 valence electrons. The summed E-state index contributed by atoms with van der Waals surface area (Å²) in [6.45, 7) is 1.78. The molecule has 0 fully saturated rings. The van der Waals surface area contributed by atoms with E-state index in [1.54, 1.807) is 13.0 Å². The first-order chi connectivity index (χ1) is 5.69. The molecule has 1 aromatic heterocycles. The van der Waals surface area contributed by atoms with E-state index in [2.05, 4.69) is 4.98 Å². The van der Waals surface area contributed by atoms with Gasteiger partial charge >= 0.3 is 0 Å². The molecule has 0 atom stereocenters. The van der Waals surface area contributed by atoms with Crippen LogP contribution in [0.4, 0.5) is 5.69 Å². The lowest BCUT2D eigenvalue weighted by atomic mass is 10.2. The number of hydrogen-bond acceptors (Lipinski definition) is 4. The number of nitriles is 1. The molecule has 2 N–H and O–H groups in total. The van der Waals surface area contributed by atoms with Crippen LogP contribution in [0.2, 0.25) is 0 Å². The van der Waals surface area contributed by atoms with Crippen LogP contribution in [0.25, 0.3) is 0 Å². The average Bonchev–Trinajstić information content (AvgIpc) is 2.08. The second-order valence-corrected chi connectivity index (χ2v) is 2.35. The molecule has 0 aliphatic rings. The van der Waals surface area contributed by atoms with E-state index < -0.39 is 0 Å². The lowest BCUT2D eigenvalue weighted by Crippen LogP contribution is -1.99. The second-order valence-electron chi connectivity index (χ2n) is 2.35. The van der Waals surface area contributed by atoms with Crippen molar-refractivity contribution in [2.24, 2.45) is 0 Å². The quantitative estimate of drug-likeness (QED) is 0.666. The van der Waals surface area contributed by atoms with Crippen molar-refractivity contribution in [1.29, 1.82) is 5.26 Å². The molecule has 0 bridgehead atoms. The first-order valence-corrected chi connectivity index (χ1v) is 3.40. The van der Waals surface area contributed by atoms with Crippen LogP contribution < -0.4 is 10.5 Å². The molecule has 0 saturated carbocycles. The summed E-state index contributed by atoms with van der Waals surface area (Å²) < 4.78 is 4.88. The van der Waals surface area contributed by atoms with Crippen molar-refractivity contribution in [2.75, 3.05) is 12.8 Å². The number of anilines is 1. The molecule has 4 heteroatoms. The van der Waals surface area contributed by atoms with Gasteiger partial charge in [0.1, 0.15) is 11.8 Å². The van der Waals surface area contributed by atoms with Gasteiger partial charge in [0, 0.05) is 5.69 Å². The third kappa shape index (κ3) is 1.30. The van der Waals surface area contributed by atoms with Gasteiger partial charge in [-0.25, -0.2) is 4.98 Å². The van der Waals surface area contributed by atoms with Crippen LogP contribution in [0.15, 0.2) is 6.07 Å². The number of aromatic nitrogens is 1. The van der Waals surface area contributed by atoms with Gasteiger partial charge in [-0.15, -0.1) is 0 Å². The van der Waals surface area contributed by atoms with E-state index >= 15 is 0 Å². The zero-order valence-corrected chi connectivity index (χ0v) is 6.96. The molecular formula is C8H9N3O. The summed E-state index contributed by atoms with van der Waals surface area (Å²) >= 11 is 0. The molecule has 0 aliphatic carbocycles. The second kappa shape index (κ2) is 3.09. The maximum atomic E-state index is 8.65. The number of nitrogens with zero attached hydrogens (tertiary/aromatic N) is 2. The van der Waals surface area contributed by atoms with Crippen molar-refractivity contribution < 1.29 is 4.74 Å². The minimum Gasteiger partial charge on any atom is -0.479 e. The normalized spacial score (nSPS) is 9.08. The number of pyridine rings is 1. The van der Waals surface area contributed by atoms with Gasteiger partial charge in [0.25, 0.3) is 0 Å². The topological polar surface area (TPSA) is 71.9 Å². The van der Waals surface area contributed by atoms with E-state index in [0.717, 1.165) is 5.69 Å². The first kappa shape index (κ1) is 8.34. The number of hydrogen-bond donors (Lipinski definition) is 1. The van der Waals surface area contributed by atoms with Gasteiger partial charge in [-0.3, -0.25) is 0 Å². The number of rotatable bonds is 1. The standard InChI is InChI=1S/C8H9N3O/c1-5-3-6(4-9)7(10)8(11-5)12-2/h3H,10H2,1-2H3. The predicted octanol–water partition coefficient (Wildman–Crippen LogP) is 0.852. The van der Waals surface area contributed by atoms with E-state index in [4.69, 9.17) is 15.7 Å². The molecule has 1 aromatic rings. The van der Waals surface area contributed by atoms with Crippen molar-refractivity contribution in [3.05, 3.63) is 17.3 Å². The number of nitrogen functional groups attached to an aromatic ring is 1. The Morgan fingerprint density at radius 2 is 2.33 bits per heavy atom. The maximum Gasteiger partial charge on any atom is 0.238 e. The third-order valence-electron chi connectivity index (χ3n) is 1.47. The highest BCUT2D eigenvalue weighted by Gasteiger charge is 2.07. The van der Waals surface area contributed by atoms with Gasteiger partial charge in [-0.05, 0) is 13.0 Å². The SMILES string of the molecule is COc1nc(C)cc(C#N)c1N. The minimum atomic E-state index is 0.297. The van der Waals surface area contributed by atoms with Gasteiger partial charge in [-0.1, -0.05) is 0 Å². The van der Waals surface area contributed by atoms with E-state index in [1.165, 1.54) is 7.11 Å². The summed E-state index contributed by atoms with van der Waals surface area (Å²) in [6, 6.07) is 3.59. The predicted molar refractivity (Wildman–Crippen MR) is 44.7 cm³/mol. The van der Waals surface area contributed by atoms with Crippen molar-refractivity contribution in [1.82, 2.24) is 4.98 Å². The summed E-state index contributed by atoms with van der Waals surface area (Å²) in [5.41, 5.74) is 6.98. The van der Waals surface area contributed by atoms with Crippen LogP contribution in [-0.4, -0.2) is 12.1 Å². The molecule has 0 aliphatic heterocycles. The van der Waals surface area contributed by atoms with E-state index in [1.807, 2.05) is 6.07 Å². The number of methoxy groups -OCH3 is 1. The lowest BCUT2D eigenvalue weighted by Gasteiger charge is -2.04. The molecule has 1 rings (SSSR count). The fourth-order valence-electron chi connectivity index (χ4n) is 0.903. The first-order valence-electron chi connectivity index (χ1n) is 3.40. The molecule has 1 heterocycles. The molecular weight excluding hydrogens is 154 g/mol. The summed E-state index contributed by atoms with van der Waals surface area (Å²) in [4.78, 5) is 4.00. The Bertz CT molecular complexity index is 341. The maximum absolute atomic E-state index is 8.65. The van der Waals surface area contributed by atoms with E-state index in [9.17, 15) is 0 Å². The molecule has 12 heavy (non-hydrogen) atoms. The highest BCUT2D eigenvalue weighted by Crippen LogP contribution is 2.22. The molecule has 0 radical (unpaired) electrons. The van der Waals surface area contributed by atoms with E-state index in [0.29, 0.717) is 17.1 Å². The minimum absolute atomic E-state index is 0.297. The summed E-state index contributed by atoms with van der Waals surface area (Å²) in [6.07, 6.45) is 0. The third-order valence-corrected chi connectivity index (χ3v) is 1.47. The molecule has 4 nitrogen and oxygen atoms in total. The Kier molecular flexibility index (Phi) is 2.15. The van der Waals surface area contributed by atoms with Crippen LogP contribution in [0.5, 0.6) is 5.88 Å². The van der Waals surface area contributed by atoms with Gasteiger partial charge in [0.15, 0.2) is 0 Å². The van der Waals surface area contributed by atoms with Crippen molar-refractivity contribution in [3.8, 4) is 11.9 Å². The zero-order valence-electron chi connectivity index (χ0n) is 6.96. The fraction of sp³-hybridized carbons (Fsp3) is 0.250. The summed E-state index contributed by atoms with van der Waals surface area (Å²) in [5, 5.41) is 8.65. The molecule has 0 aromatic carbocycles. The summed E-state index contributed by atoms with van der Waals surface area (Å²) in [7, 11) is 1.47. The number of ether oxygens (including phenoxy) is 1. The van der Waals surface area contributed by atoms with Crippen molar-refractivity contribution in [2.45, 2.75) is 6.92 Å². The monoisotopic (exact) mass is 163 g/mol. The smallest absolute Gasteiger partial charge is 0.238 e.